The molecule has 39 heavy (non-hydrogen) atoms. The number of Topliss-reactive ketones (excluding diaryl/α,β-unsaturated/α-hetero) is 1. The molecular weight excluding hydrogens is 498 g/mol. The molecule has 3 aromatic rings. The van der Waals surface area contributed by atoms with Crippen LogP contribution >= 0.6 is 0 Å². The zero-order valence-corrected chi connectivity index (χ0v) is 22.0. The van der Waals surface area contributed by atoms with Crippen molar-refractivity contribution in [1.82, 2.24) is 14.5 Å². The molecule has 204 valence electrons. The number of aromatic nitrogens is 2. The van der Waals surface area contributed by atoms with Crippen molar-refractivity contribution in [1.29, 1.82) is 0 Å². The van der Waals surface area contributed by atoms with Crippen molar-refractivity contribution < 1.29 is 28.9 Å². The van der Waals surface area contributed by atoms with Crippen molar-refractivity contribution >= 4 is 17.4 Å². The molecule has 0 spiro atoms. The molecule has 3 heterocycles. The van der Waals surface area contributed by atoms with E-state index in [0.29, 0.717) is 67.7 Å². The summed E-state index contributed by atoms with van der Waals surface area (Å²) in [6.07, 6.45) is 8.99. The van der Waals surface area contributed by atoms with Gasteiger partial charge in [-0.2, -0.15) is 0 Å². The molecule has 5 rings (SSSR count). The number of carbonyl (C=O) groups is 2. The number of likely N-dealkylation sites (tertiary alicyclic amines) is 1. The largest absolute Gasteiger partial charge is 0.507 e. The second-order valence-corrected chi connectivity index (χ2v) is 9.63. The van der Waals surface area contributed by atoms with E-state index in [0.717, 1.165) is 19.3 Å². The van der Waals surface area contributed by atoms with E-state index >= 15 is 0 Å². The number of amides is 1. The van der Waals surface area contributed by atoms with E-state index in [9.17, 15) is 14.7 Å². The standard InChI is InChI=1S/C30H33N3O6/c1-2-3-4-15-37-23-8-5-7-21(18-23)27-26(28(34)22-9-10-24-25(19-22)39-17-16-38-24)29(35)30(36)33(27)13-6-12-32-14-11-31-20-32/h5,7-11,14,18-20,27,34H,2-4,6,12-13,15-17H2,1H3/b28-26+/t27-/m1/s1. The number of benzene rings is 2. The summed E-state index contributed by atoms with van der Waals surface area (Å²) in [7, 11) is 0. The van der Waals surface area contributed by atoms with Gasteiger partial charge in [-0.15, -0.1) is 0 Å². The van der Waals surface area contributed by atoms with Crippen LogP contribution in [0.1, 0.15) is 49.8 Å². The number of carbonyl (C=O) groups excluding carboxylic acids is 2. The summed E-state index contributed by atoms with van der Waals surface area (Å²) in [6.45, 7) is 4.52. The summed E-state index contributed by atoms with van der Waals surface area (Å²) < 4.78 is 19.1. The Morgan fingerprint density at radius 3 is 2.69 bits per heavy atom. The number of hydrogen-bond donors (Lipinski definition) is 1. The van der Waals surface area contributed by atoms with Crippen LogP contribution in [0.4, 0.5) is 0 Å². The third-order valence-electron chi connectivity index (χ3n) is 6.92. The molecule has 1 amide bonds. The van der Waals surface area contributed by atoms with Gasteiger partial charge in [0, 0.05) is 31.0 Å². The van der Waals surface area contributed by atoms with Crippen LogP contribution in [0.5, 0.6) is 17.2 Å². The Balaban J connectivity index is 1.49. The molecule has 0 saturated carbocycles. The zero-order chi connectivity index (χ0) is 27.2. The lowest BCUT2D eigenvalue weighted by molar-refractivity contribution is -0.139. The first-order valence-corrected chi connectivity index (χ1v) is 13.4. The molecule has 2 aromatic carbocycles. The van der Waals surface area contributed by atoms with Gasteiger partial charge in [0.2, 0.25) is 0 Å². The van der Waals surface area contributed by atoms with E-state index < -0.39 is 17.7 Å². The molecule has 1 atom stereocenters. The molecule has 2 aliphatic rings. The number of fused-ring (bicyclic) bond motifs is 1. The van der Waals surface area contributed by atoms with Crippen molar-refractivity contribution in [3.05, 3.63) is 77.9 Å². The van der Waals surface area contributed by atoms with Crippen molar-refractivity contribution in [2.45, 2.75) is 45.2 Å². The van der Waals surface area contributed by atoms with Gasteiger partial charge < -0.3 is 28.8 Å². The van der Waals surface area contributed by atoms with Gasteiger partial charge in [0.25, 0.3) is 11.7 Å². The van der Waals surface area contributed by atoms with E-state index in [4.69, 9.17) is 14.2 Å². The summed E-state index contributed by atoms with van der Waals surface area (Å²) in [5, 5.41) is 11.4. The fourth-order valence-electron chi connectivity index (χ4n) is 4.96. The number of ether oxygens (including phenoxy) is 3. The predicted octanol–water partition coefficient (Wildman–Crippen LogP) is 4.74. The average molecular weight is 532 g/mol. The highest BCUT2D eigenvalue weighted by atomic mass is 16.6. The number of aliphatic hydroxyl groups excluding tert-OH is 1. The third kappa shape index (κ3) is 5.77. The molecule has 0 unspecified atom stereocenters. The number of unbranched alkanes of at least 4 members (excludes halogenated alkanes) is 2. The van der Waals surface area contributed by atoms with E-state index in [1.165, 1.54) is 0 Å². The molecule has 0 bridgehead atoms. The SMILES string of the molecule is CCCCCOc1cccc([C@@H]2/C(=C(\O)c3ccc4c(c3)OCCO4)C(=O)C(=O)N2CCCn2ccnc2)c1. The number of ketones is 1. The highest BCUT2D eigenvalue weighted by molar-refractivity contribution is 6.46. The number of nitrogens with zero attached hydrogens (tertiary/aromatic N) is 3. The number of hydrogen-bond acceptors (Lipinski definition) is 7. The summed E-state index contributed by atoms with van der Waals surface area (Å²) in [4.78, 5) is 32.3. The molecule has 1 N–H and O–H groups in total. The summed E-state index contributed by atoms with van der Waals surface area (Å²) in [5.74, 6) is 0.109. The van der Waals surface area contributed by atoms with E-state index in [1.54, 1.807) is 35.6 Å². The maximum Gasteiger partial charge on any atom is 0.295 e. The summed E-state index contributed by atoms with van der Waals surface area (Å²) >= 11 is 0. The third-order valence-corrected chi connectivity index (χ3v) is 6.92. The molecule has 9 nitrogen and oxygen atoms in total. The van der Waals surface area contributed by atoms with Gasteiger partial charge in [0.05, 0.1) is 24.5 Å². The topological polar surface area (TPSA) is 103 Å². The Labute approximate surface area is 227 Å². The van der Waals surface area contributed by atoms with Crippen LogP contribution in [0.2, 0.25) is 0 Å². The Morgan fingerprint density at radius 2 is 1.90 bits per heavy atom. The minimum Gasteiger partial charge on any atom is -0.507 e. The Kier molecular flexibility index (Phi) is 8.15. The van der Waals surface area contributed by atoms with Gasteiger partial charge in [-0.05, 0) is 48.7 Å². The zero-order valence-electron chi connectivity index (χ0n) is 22.0. The number of aliphatic hydroxyl groups is 1. The summed E-state index contributed by atoms with van der Waals surface area (Å²) in [5.41, 5.74) is 1.12. The van der Waals surface area contributed by atoms with Crippen LogP contribution in [0.25, 0.3) is 5.76 Å². The van der Waals surface area contributed by atoms with Crippen LogP contribution in [-0.2, 0) is 16.1 Å². The van der Waals surface area contributed by atoms with Crippen LogP contribution in [-0.4, -0.2) is 57.6 Å². The Hall–Kier alpha value is -4.27. The molecule has 2 aliphatic heterocycles. The van der Waals surface area contributed by atoms with Gasteiger partial charge >= 0.3 is 0 Å². The second-order valence-electron chi connectivity index (χ2n) is 9.63. The van der Waals surface area contributed by atoms with Crippen molar-refractivity contribution in [3.63, 3.8) is 0 Å². The van der Waals surface area contributed by atoms with E-state index in [2.05, 4.69) is 11.9 Å². The minimum absolute atomic E-state index is 0.0439. The van der Waals surface area contributed by atoms with Gasteiger partial charge in [-0.1, -0.05) is 31.9 Å². The first kappa shape index (κ1) is 26.3. The molecular formula is C30H33N3O6. The monoisotopic (exact) mass is 531 g/mol. The fourth-order valence-corrected chi connectivity index (χ4v) is 4.96. The molecule has 0 radical (unpaired) electrons. The number of rotatable bonds is 11. The lowest BCUT2D eigenvalue weighted by atomic mass is 9.95. The highest BCUT2D eigenvalue weighted by Crippen LogP contribution is 2.41. The van der Waals surface area contributed by atoms with Gasteiger partial charge in [0.15, 0.2) is 11.5 Å². The molecule has 0 aliphatic carbocycles. The first-order valence-electron chi connectivity index (χ1n) is 13.4. The lowest BCUT2D eigenvalue weighted by Gasteiger charge is -2.26. The number of imidazole rings is 1. The molecule has 1 saturated heterocycles. The molecule has 1 aromatic heterocycles. The van der Waals surface area contributed by atoms with E-state index in [1.807, 2.05) is 35.0 Å². The van der Waals surface area contributed by atoms with Gasteiger partial charge in [0.1, 0.15) is 24.7 Å². The van der Waals surface area contributed by atoms with Crippen LogP contribution in [0.15, 0.2) is 66.8 Å². The summed E-state index contributed by atoms with van der Waals surface area (Å²) in [6, 6.07) is 11.7. The molecule has 1 fully saturated rings. The van der Waals surface area contributed by atoms with Crippen LogP contribution < -0.4 is 14.2 Å². The normalized spacial score (nSPS) is 18.0. The van der Waals surface area contributed by atoms with Gasteiger partial charge in [-0.3, -0.25) is 9.59 Å². The second kappa shape index (κ2) is 12.1. The van der Waals surface area contributed by atoms with E-state index in [-0.39, 0.29) is 11.3 Å². The van der Waals surface area contributed by atoms with Crippen LogP contribution in [0, 0.1) is 0 Å². The highest BCUT2D eigenvalue weighted by Gasteiger charge is 2.46. The first-order chi connectivity index (χ1) is 19.1. The fraction of sp³-hybridized carbons (Fsp3) is 0.367. The predicted molar refractivity (Wildman–Crippen MR) is 145 cm³/mol. The van der Waals surface area contributed by atoms with Gasteiger partial charge in [-0.25, -0.2) is 4.98 Å². The Bertz CT molecular complexity index is 1350. The maximum atomic E-state index is 13.4. The quantitative estimate of drug-likeness (QED) is 0.165. The van der Waals surface area contributed by atoms with Crippen molar-refractivity contribution in [2.75, 3.05) is 26.4 Å². The van der Waals surface area contributed by atoms with Crippen LogP contribution in [0.3, 0.4) is 0 Å². The maximum absolute atomic E-state index is 13.4. The minimum atomic E-state index is -0.764. The Morgan fingerprint density at radius 1 is 1.05 bits per heavy atom. The van der Waals surface area contributed by atoms with Crippen molar-refractivity contribution in [3.8, 4) is 17.2 Å². The van der Waals surface area contributed by atoms with Crippen molar-refractivity contribution in [2.24, 2.45) is 0 Å². The smallest absolute Gasteiger partial charge is 0.295 e. The lowest BCUT2D eigenvalue weighted by Crippen LogP contribution is -2.31. The number of aryl methyl sites for hydroxylation is 1. The molecule has 9 heteroatoms. The average Bonchev–Trinajstić information content (AvgIpc) is 3.57.